The van der Waals surface area contributed by atoms with Gasteiger partial charge in [0.25, 0.3) is 5.91 Å². The molecule has 5 nitrogen and oxygen atoms in total. The van der Waals surface area contributed by atoms with Crippen LogP contribution in [-0.2, 0) is 27.9 Å². The van der Waals surface area contributed by atoms with E-state index in [9.17, 15) is 22.8 Å². The van der Waals surface area contributed by atoms with Crippen LogP contribution in [0, 0.1) is 11.3 Å². The van der Waals surface area contributed by atoms with Crippen LogP contribution in [0.1, 0.15) is 62.6 Å². The van der Waals surface area contributed by atoms with Crippen molar-refractivity contribution in [2.45, 2.75) is 76.6 Å². The van der Waals surface area contributed by atoms with Crippen LogP contribution in [0.25, 0.3) is 0 Å². The van der Waals surface area contributed by atoms with Crippen molar-refractivity contribution in [1.82, 2.24) is 10.2 Å². The highest BCUT2D eigenvalue weighted by Gasteiger charge is 2.68. The molecule has 0 aromatic heterocycles. The van der Waals surface area contributed by atoms with Gasteiger partial charge >= 0.3 is 12.2 Å². The highest BCUT2D eigenvalue weighted by molar-refractivity contribution is 6.09. The number of carbonyl (C=O) groups is 2. The maximum Gasteiger partial charge on any atom is 0.406 e. The second-order valence-corrected chi connectivity index (χ2v) is 10.0. The summed E-state index contributed by atoms with van der Waals surface area (Å²) < 4.78 is 45.1. The summed E-state index contributed by atoms with van der Waals surface area (Å²) in [7, 11) is 1.65. The predicted molar refractivity (Wildman–Crippen MR) is 113 cm³/mol. The number of halogens is 3. The van der Waals surface area contributed by atoms with Gasteiger partial charge in [-0.15, -0.1) is 0 Å². The molecule has 1 aromatic carbocycles. The van der Waals surface area contributed by atoms with E-state index in [2.05, 4.69) is 19.2 Å². The third-order valence-electron chi connectivity index (χ3n) is 7.58. The Hall–Kier alpha value is -2.09. The predicted octanol–water partition coefficient (Wildman–Crippen LogP) is 4.72. The molecule has 0 radical (unpaired) electrons. The van der Waals surface area contributed by atoms with Gasteiger partial charge in [-0.3, -0.25) is 9.69 Å². The Bertz CT molecular complexity index is 906. The van der Waals surface area contributed by atoms with Crippen molar-refractivity contribution in [2.75, 3.05) is 13.7 Å². The number of benzene rings is 1. The first-order valence-electron chi connectivity index (χ1n) is 11.4. The monoisotopic (exact) mass is 452 g/mol. The van der Waals surface area contributed by atoms with Crippen molar-refractivity contribution in [3.63, 3.8) is 0 Å². The van der Waals surface area contributed by atoms with E-state index in [-0.39, 0.29) is 6.10 Å². The third-order valence-corrected chi connectivity index (χ3v) is 7.58. The molecule has 3 amide bonds. The largest absolute Gasteiger partial charge is 0.406 e. The Balaban J connectivity index is 1.78. The molecule has 1 saturated carbocycles. The molecule has 1 saturated heterocycles. The van der Waals surface area contributed by atoms with Gasteiger partial charge in [0.2, 0.25) is 0 Å². The van der Waals surface area contributed by atoms with E-state index in [1.165, 1.54) is 0 Å². The van der Waals surface area contributed by atoms with Crippen LogP contribution in [0.5, 0.6) is 0 Å². The van der Waals surface area contributed by atoms with Crippen LogP contribution in [0.4, 0.5) is 18.0 Å². The molecule has 8 heteroatoms. The van der Waals surface area contributed by atoms with Crippen LogP contribution in [-0.4, -0.2) is 42.8 Å². The van der Waals surface area contributed by atoms with Gasteiger partial charge in [-0.05, 0) is 67.6 Å². The number of aryl methyl sites for hydroxylation is 1. The first-order valence-corrected chi connectivity index (χ1v) is 11.4. The summed E-state index contributed by atoms with van der Waals surface area (Å²) in [5, 5.41) is 2.79. The molecule has 2 aliphatic carbocycles. The van der Waals surface area contributed by atoms with Crippen LogP contribution >= 0.6 is 0 Å². The number of carbonyl (C=O) groups excluding carboxylic acids is 2. The minimum Gasteiger partial charge on any atom is -0.381 e. The number of nitrogens with zero attached hydrogens (tertiary/aromatic N) is 1. The summed E-state index contributed by atoms with van der Waals surface area (Å²) in [6, 6.07) is 5.03. The average Bonchev–Trinajstić information content (AvgIpc) is 3.13. The number of imide groups is 1. The van der Waals surface area contributed by atoms with Gasteiger partial charge in [0, 0.05) is 12.5 Å². The number of ether oxygens (including phenoxy) is 1. The Morgan fingerprint density at radius 3 is 2.50 bits per heavy atom. The zero-order valence-electron chi connectivity index (χ0n) is 18.8. The van der Waals surface area contributed by atoms with Gasteiger partial charge in [0.1, 0.15) is 6.54 Å². The first kappa shape index (κ1) is 23.1. The smallest absolute Gasteiger partial charge is 0.381 e. The Labute approximate surface area is 186 Å². The number of amides is 3. The summed E-state index contributed by atoms with van der Waals surface area (Å²) in [5.74, 6) is -0.265. The fraction of sp³-hybridized carbons (Fsp3) is 0.667. The zero-order valence-corrected chi connectivity index (χ0v) is 18.8. The minimum absolute atomic E-state index is 0.0569. The molecular weight excluding hydrogens is 421 g/mol. The van der Waals surface area contributed by atoms with Gasteiger partial charge in [-0.2, -0.15) is 13.2 Å². The van der Waals surface area contributed by atoms with Gasteiger partial charge in [0.15, 0.2) is 5.54 Å². The van der Waals surface area contributed by atoms with Crippen LogP contribution in [0.15, 0.2) is 18.2 Å². The Morgan fingerprint density at radius 1 is 1.22 bits per heavy atom. The molecule has 1 heterocycles. The molecule has 0 bridgehead atoms. The lowest BCUT2D eigenvalue weighted by atomic mass is 9.61. The van der Waals surface area contributed by atoms with Gasteiger partial charge < -0.3 is 10.1 Å². The molecule has 1 unspecified atom stereocenters. The summed E-state index contributed by atoms with van der Waals surface area (Å²) in [6.07, 6.45) is 0.363. The van der Waals surface area contributed by atoms with E-state index >= 15 is 0 Å². The zero-order chi connectivity index (χ0) is 23.3. The molecule has 2 fully saturated rings. The molecule has 3 aliphatic rings. The first-order chi connectivity index (χ1) is 15.0. The van der Waals surface area contributed by atoms with Crippen molar-refractivity contribution in [3.05, 3.63) is 34.9 Å². The number of rotatable bonds is 5. The standard InChI is InChI=1S/C24H31F3N2O3/c1-15(2)4-5-16-6-7-17-13-22(10-8-18(32-3)9-11-22)24(19(17)12-16)20(30)29(21(31)28-24)14-23(25,26)27/h6-7,12,15,18H,4-5,8-11,13-14H2,1-3H3,(H,28,31)/t18-,22-,24?. The van der Waals surface area contributed by atoms with E-state index < -0.39 is 35.6 Å². The van der Waals surface area contributed by atoms with Crippen molar-refractivity contribution >= 4 is 11.9 Å². The molecule has 1 N–H and O–H groups in total. The van der Waals surface area contributed by atoms with Gasteiger partial charge in [0.05, 0.1) is 6.10 Å². The van der Waals surface area contributed by atoms with Crippen LogP contribution in [0.2, 0.25) is 0 Å². The minimum atomic E-state index is -4.65. The van der Waals surface area contributed by atoms with E-state index in [1.807, 2.05) is 18.2 Å². The molecule has 32 heavy (non-hydrogen) atoms. The fourth-order valence-corrected chi connectivity index (χ4v) is 5.89. The van der Waals surface area contributed by atoms with E-state index in [4.69, 9.17) is 4.74 Å². The quantitative estimate of drug-likeness (QED) is 0.658. The summed E-state index contributed by atoms with van der Waals surface area (Å²) in [6.45, 7) is 2.69. The Morgan fingerprint density at radius 2 is 1.91 bits per heavy atom. The van der Waals surface area contributed by atoms with E-state index in [1.54, 1.807) is 7.11 Å². The lowest BCUT2D eigenvalue weighted by Crippen LogP contribution is -2.57. The topological polar surface area (TPSA) is 58.6 Å². The van der Waals surface area contributed by atoms with Crippen LogP contribution < -0.4 is 5.32 Å². The van der Waals surface area contributed by atoms with Crippen molar-refractivity contribution in [2.24, 2.45) is 11.3 Å². The molecule has 176 valence electrons. The van der Waals surface area contributed by atoms with Crippen molar-refractivity contribution in [1.29, 1.82) is 0 Å². The number of hydrogen-bond donors (Lipinski definition) is 1. The Kier molecular flexibility index (Phi) is 5.80. The van der Waals surface area contributed by atoms with E-state index in [0.29, 0.717) is 48.5 Å². The molecule has 2 spiro atoms. The molecular formula is C24H31F3N2O3. The molecule has 1 aromatic rings. The van der Waals surface area contributed by atoms with Gasteiger partial charge in [-0.1, -0.05) is 32.0 Å². The normalized spacial score (nSPS) is 30.0. The summed E-state index contributed by atoms with van der Waals surface area (Å²) >= 11 is 0. The molecule has 4 rings (SSSR count). The number of nitrogens with one attached hydrogen (secondary N) is 1. The maximum absolute atomic E-state index is 13.7. The lowest BCUT2D eigenvalue weighted by Gasteiger charge is -2.46. The summed E-state index contributed by atoms with van der Waals surface area (Å²) in [5.41, 5.74) is 0.566. The fourth-order valence-electron chi connectivity index (χ4n) is 5.89. The van der Waals surface area contributed by atoms with E-state index in [0.717, 1.165) is 24.0 Å². The highest BCUT2D eigenvalue weighted by atomic mass is 19.4. The average molecular weight is 453 g/mol. The third kappa shape index (κ3) is 3.70. The van der Waals surface area contributed by atoms with Crippen molar-refractivity contribution < 1.29 is 27.5 Å². The summed E-state index contributed by atoms with van der Waals surface area (Å²) in [4.78, 5) is 26.8. The number of hydrogen-bond acceptors (Lipinski definition) is 3. The number of alkyl halides is 3. The molecule has 1 aliphatic heterocycles. The van der Waals surface area contributed by atoms with Crippen molar-refractivity contribution in [3.8, 4) is 0 Å². The maximum atomic E-state index is 13.7. The SMILES string of the molecule is CO[C@H]1CC[C@]2(CC1)Cc1ccc(CCC(C)C)cc1C21NC(=O)N(CC(F)(F)F)C1=O. The second-order valence-electron chi connectivity index (χ2n) is 10.0. The van der Waals surface area contributed by atoms with Gasteiger partial charge in [-0.25, -0.2) is 4.79 Å². The number of fused-ring (bicyclic) bond motifs is 3. The number of methoxy groups -OCH3 is 1. The lowest BCUT2D eigenvalue weighted by molar-refractivity contribution is -0.158. The second kappa shape index (κ2) is 8.04. The number of urea groups is 1. The van der Waals surface area contributed by atoms with Crippen LogP contribution in [0.3, 0.4) is 0 Å². The molecule has 1 atom stereocenters. The highest BCUT2D eigenvalue weighted by Crippen LogP contribution is 2.60.